The van der Waals surface area contributed by atoms with Crippen molar-refractivity contribution < 1.29 is 18.0 Å². The van der Waals surface area contributed by atoms with E-state index in [1.807, 2.05) is 30.3 Å². The molecule has 1 heterocycles. The third-order valence-corrected chi connectivity index (χ3v) is 4.48. The topological polar surface area (TPSA) is 59.8 Å². The largest absolute Gasteiger partial charge is 0.392 e. The van der Waals surface area contributed by atoms with Gasteiger partial charge in [0.1, 0.15) is 6.33 Å². The summed E-state index contributed by atoms with van der Waals surface area (Å²) in [6.07, 6.45) is -1.55. The molecule has 1 amide bonds. The molecule has 0 radical (unpaired) electrons. The van der Waals surface area contributed by atoms with Crippen molar-refractivity contribution in [2.24, 2.45) is 11.8 Å². The van der Waals surface area contributed by atoms with E-state index >= 15 is 0 Å². The molecule has 0 spiro atoms. The van der Waals surface area contributed by atoms with E-state index in [0.29, 0.717) is 19.4 Å². The molecule has 1 aromatic heterocycles. The summed E-state index contributed by atoms with van der Waals surface area (Å²) >= 11 is 0. The molecule has 1 N–H and O–H groups in total. The monoisotopic (exact) mass is 352 g/mol. The van der Waals surface area contributed by atoms with Gasteiger partial charge in [0.15, 0.2) is 0 Å². The minimum Gasteiger partial charge on any atom is -0.293 e. The smallest absolute Gasteiger partial charge is 0.293 e. The van der Waals surface area contributed by atoms with Crippen molar-refractivity contribution in [2.75, 3.05) is 5.32 Å². The lowest BCUT2D eigenvalue weighted by molar-refractivity contribution is -0.197. The fourth-order valence-electron chi connectivity index (χ4n) is 3.24. The number of carbonyl (C=O) groups is 1. The number of alkyl halides is 3. The number of amides is 1. The highest BCUT2D eigenvalue weighted by Gasteiger charge is 2.48. The fourth-order valence-corrected chi connectivity index (χ4v) is 3.24. The van der Waals surface area contributed by atoms with Gasteiger partial charge in [-0.1, -0.05) is 43.2 Å². The SMILES string of the molecule is O=C(Nc1ncn(Cc2ccccc2)n1)[C@H]1CCCC[C@@H]1C(F)(F)F. The Morgan fingerprint density at radius 3 is 2.64 bits per heavy atom. The molecular weight excluding hydrogens is 333 g/mol. The average molecular weight is 352 g/mol. The maximum atomic E-state index is 13.1. The number of hydrogen-bond donors (Lipinski definition) is 1. The van der Waals surface area contributed by atoms with Gasteiger partial charge in [-0.15, -0.1) is 5.10 Å². The quantitative estimate of drug-likeness (QED) is 0.914. The molecule has 134 valence electrons. The third kappa shape index (κ3) is 4.37. The van der Waals surface area contributed by atoms with Crippen molar-refractivity contribution in [1.29, 1.82) is 0 Å². The van der Waals surface area contributed by atoms with Crippen LogP contribution in [0.3, 0.4) is 0 Å². The van der Waals surface area contributed by atoms with E-state index in [2.05, 4.69) is 15.4 Å². The minimum absolute atomic E-state index is 0.00252. The van der Waals surface area contributed by atoms with Crippen LogP contribution in [-0.2, 0) is 11.3 Å². The van der Waals surface area contributed by atoms with Crippen LogP contribution in [0.1, 0.15) is 31.2 Å². The molecule has 0 unspecified atom stereocenters. The van der Waals surface area contributed by atoms with E-state index in [-0.39, 0.29) is 18.8 Å². The van der Waals surface area contributed by atoms with E-state index in [4.69, 9.17) is 0 Å². The van der Waals surface area contributed by atoms with Gasteiger partial charge in [-0.3, -0.25) is 10.1 Å². The van der Waals surface area contributed by atoms with Crippen molar-refractivity contribution in [3.05, 3.63) is 42.2 Å². The van der Waals surface area contributed by atoms with Crippen LogP contribution >= 0.6 is 0 Å². The number of aromatic nitrogens is 3. The van der Waals surface area contributed by atoms with Crippen LogP contribution in [0.4, 0.5) is 19.1 Å². The lowest BCUT2D eigenvalue weighted by atomic mass is 9.78. The van der Waals surface area contributed by atoms with Gasteiger partial charge in [0.25, 0.3) is 0 Å². The van der Waals surface area contributed by atoms with Gasteiger partial charge in [-0.25, -0.2) is 9.67 Å². The van der Waals surface area contributed by atoms with Crippen LogP contribution < -0.4 is 5.32 Å². The average Bonchev–Trinajstić information content (AvgIpc) is 3.02. The van der Waals surface area contributed by atoms with E-state index in [9.17, 15) is 18.0 Å². The normalized spacial score (nSPS) is 21.1. The Morgan fingerprint density at radius 1 is 1.20 bits per heavy atom. The molecule has 1 saturated carbocycles. The van der Waals surface area contributed by atoms with Crippen LogP contribution in [0.25, 0.3) is 0 Å². The third-order valence-electron chi connectivity index (χ3n) is 4.48. The standard InChI is InChI=1S/C17H19F3N4O/c18-17(19,20)14-9-5-4-8-13(14)15(25)22-16-21-11-24(23-16)10-12-6-2-1-3-7-12/h1-3,6-7,11,13-14H,4-5,8-10H2,(H,22,23,25)/t13-,14-/m0/s1. The molecule has 0 bridgehead atoms. The van der Waals surface area contributed by atoms with Crippen LogP contribution in [0.5, 0.6) is 0 Å². The number of halogens is 3. The molecule has 2 aromatic rings. The van der Waals surface area contributed by atoms with E-state index in [1.54, 1.807) is 0 Å². The lowest BCUT2D eigenvalue weighted by Crippen LogP contribution is -2.39. The molecule has 1 aliphatic carbocycles. The van der Waals surface area contributed by atoms with Gasteiger partial charge in [0, 0.05) is 5.92 Å². The second-order valence-corrected chi connectivity index (χ2v) is 6.28. The second-order valence-electron chi connectivity index (χ2n) is 6.28. The molecule has 1 fully saturated rings. The van der Waals surface area contributed by atoms with Gasteiger partial charge < -0.3 is 0 Å². The van der Waals surface area contributed by atoms with Crippen LogP contribution in [0.2, 0.25) is 0 Å². The van der Waals surface area contributed by atoms with Crippen molar-refractivity contribution in [2.45, 2.75) is 38.4 Å². The Kier molecular flexibility index (Phi) is 5.06. The molecule has 8 heteroatoms. The molecule has 0 saturated heterocycles. The number of nitrogens with one attached hydrogen (secondary N) is 1. The number of anilines is 1. The molecule has 3 rings (SSSR count). The van der Waals surface area contributed by atoms with Gasteiger partial charge >= 0.3 is 6.18 Å². The highest BCUT2D eigenvalue weighted by atomic mass is 19.4. The Balaban J connectivity index is 1.64. The molecule has 0 aliphatic heterocycles. The zero-order valence-corrected chi connectivity index (χ0v) is 13.5. The van der Waals surface area contributed by atoms with E-state index in [1.165, 1.54) is 11.0 Å². The Morgan fingerprint density at radius 2 is 1.92 bits per heavy atom. The zero-order valence-electron chi connectivity index (χ0n) is 13.5. The summed E-state index contributed by atoms with van der Waals surface area (Å²) in [6.45, 7) is 0.471. The lowest BCUT2D eigenvalue weighted by Gasteiger charge is -2.31. The zero-order chi connectivity index (χ0) is 17.9. The van der Waals surface area contributed by atoms with Gasteiger partial charge in [0.2, 0.25) is 11.9 Å². The number of benzene rings is 1. The molecule has 1 aromatic carbocycles. The molecule has 1 aliphatic rings. The van der Waals surface area contributed by atoms with Crippen LogP contribution in [0.15, 0.2) is 36.7 Å². The highest BCUT2D eigenvalue weighted by molar-refractivity contribution is 5.91. The summed E-state index contributed by atoms with van der Waals surface area (Å²) in [5.74, 6) is -3.28. The van der Waals surface area contributed by atoms with Gasteiger partial charge in [-0.2, -0.15) is 13.2 Å². The maximum absolute atomic E-state index is 13.1. The molecular formula is C17H19F3N4O. The summed E-state index contributed by atoms with van der Waals surface area (Å²) in [6, 6.07) is 9.55. The van der Waals surface area contributed by atoms with E-state index in [0.717, 1.165) is 5.56 Å². The van der Waals surface area contributed by atoms with Crippen molar-refractivity contribution in [1.82, 2.24) is 14.8 Å². The Hall–Kier alpha value is -2.38. The number of carbonyl (C=O) groups excluding carboxylic acids is 1. The van der Waals surface area contributed by atoms with E-state index < -0.39 is 23.9 Å². The summed E-state index contributed by atoms with van der Waals surface area (Å²) in [5, 5.41) is 6.56. The summed E-state index contributed by atoms with van der Waals surface area (Å²) in [4.78, 5) is 16.3. The van der Waals surface area contributed by atoms with Crippen molar-refractivity contribution in [3.8, 4) is 0 Å². The number of rotatable bonds is 4. The molecule has 25 heavy (non-hydrogen) atoms. The van der Waals surface area contributed by atoms with Crippen LogP contribution in [-0.4, -0.2) is 26.8 Å². The first-order valence-corrected chi connectivity index (χ1v) is 8.24. The summed E-state index contributed by atoms with van der Waals surface area (Å²) in [7, 11) is 0. The second kappa shape index (κ2) is 7.25. The molecule has 2 atom stereocenters. The first kappa shape index (κ1) is 17.4. The first-order valence-electron chi connectivity index (χ1n) is 8.24. The maximum Gasteiger partial charge on any atom is 0.392 e. The summed E-state index contributed by atoms with van der Waals surface area (Å²) in [5.41, 5.74) is 1.01. The Bertz CT molecular complexity index is 714. The number of hydrogen-bond acceptors (Lipinski definition) is 3. The predicted octanol–water partition coefficient (Wildman–Crippen LogP) is 3.63. The van der Waals surface area contributed by atoms with Gasteiger partial charge in [0.05, 0.1) is 12.5 Å². The predicted molar refractivity (Wildman–Crippen MR) is 85.7 cm³/mol. The highest BCUT2D eigenvalue weighted by Crippen LogP contribution is 2.41. The fraction of sp³-hybridized carbons (Fsp3) is 0.471. The minimum atomic E-state index is -4.36. The first-order chi connectivity index (χ1) is 11.9. The summed E-state index contributed by atoms with van der Waals surface area (Å²) < 4.78 is 40.9. The molecule has 5 nitrogen and oxygen atoms in total. The van der Waals surface area contributed by atoms with Crippen molar-refractivity contribution >= 4 is 11.9 Å². The van der Waals surface area contributed by atoms with Crippen LogP contribution in [0, 0.1) is 11.8 Å². The van der Waals surface area contributed by atoms with Gasteiger partial charge in [-0.05, 0) is 18.4 Å². The van der Waals surface area contributed by atoms with Crippen molar-refractivity contribution in [3.63, 3.8) is 0 Å². The Labute approximate surface area is 143 Å². The number of nitrogens with zero attached hydrogens (tertiary/aromatic N) is 3.